The lowest BCUT2D eigenvalue weighted by Crippen LogP contribution is -2.33. The van der Waals surface area contributed by atoms with E-state index in [0.717, 1.165) is 11.1 Å². The number of phenolic OH excluding ortho intramolecular Hbond substituents is 1. The number of benzene rings is 2. The van der Waals surface area contributed by atoms with E-state index in [2.05, 4.69) is 4.90 Å². The number of phenols is 1. The summed E-state index contributed by atoms with van der Waals surface area (Å²) >= 11 is 5.92. The molecule has 21 heavy (non-hydrogen) atoms. The maximum atomic E-state index is 10.4. The van der Waals surface area contributed by atoms with Crippen LogP contribution in [0, 0.1) is 0 Å². The van der Waals surface area contributed by atoms with Crippen LogP contribution in [-0.4, -0.2) is 28.2 Å². The van der Waals surface area contributed by atoms with E-state index < -0.39 is 6.10 Å². The van der Waals surface area contributed by atoms with Crippen molar-refractivity contribution in [1.82, 2.24) is 4.90 Å². The molecular weight excluding hydrogens is 286 g/mol. The van der Waals surface area contributed by atoms with E-state index in [1.54, 1.807) is 12.1 Å². The molecule has 0 amide bonds. The second-order valence-corrected chi connectivity index (χ2v) is 5.70. The van der Waals surface area contributed by atoms with E-state index in [-0.39, 0.29) is 11.8 Å². The smallest absolute Gasteiger partial charge is 0.134 e. The minimum Gasteiger partial charge on any atom is -0.506 e. The zero-order valence-corrected chi connectivity index (χ0v) is 13.0. The van der Waals surface area contributed by atoms with Crippen LogP contribution in [0.25, 0.3) is 0 Å². The van der Waals surface area contributed by atoms with Gasteiger partial charge in [-0.1, -0.05) is 48.0 Å². The predicted molar refractivity (Wildman–Crippen MR) is 85.4 cm³/mol. The number of aliphatic hydroxyl groups excluding tert-OH is 1. The molecule has 3 nitrogen and oxygen atoms in total. The van der Waals surface area contributed by atoms with Gasteiger partial charge in [0.05, 0.1) is 11.1 Å². The molecule has 0 aliphatic carbocycles. The summed E-state index contributed by atoms with van der Waals surface area (Å²) < 4.78 is 0. The summed E-state index contributed by atoms with van der Waals surface area (Å²) in [6.45, 7) is 2.63. The standard InChI is InChI=1S/C17H20ClNO2/c1-12(17(21)14-6-4-3-5-7-14)19(2)11-13-8-9-16(20)15(18)10-13/h3-10,12,17,20-21H,11H2,1-2H3. The van der Waals surface area contributed by atoms with Crippen LogP contribution in [0.4, 0.5) is 0 Å². The van der Waals surface area contributed by atoms with Gasteiger partial charge in [-0.3, -0.25) is 4.90 Å². The number of aliphatic hydroxyl groups is 1. The molecule has 4 heteroatoms. The summed E-state index contributed by atoms with van der Waals surface area (Å²) in [4.78, 5) is 2.06. The van der Waals surface area contributed by atoms with Crippen molar-refractivity contribution in [2.24, 2.45) is 0 Å². The second-order valence-electron chi connectivity index (χ2n) is 5.30. The molecule has 0 saturated carbocycles. The summed E-state index contributed by atoms with van der Waals surface area (Å²) in [5, 5.41) is 20.2. The number of hydrogen-bond acceptors (Lipinski definition) is 3. The van der Waals surface area contributed by atoms with Crippen LogP contribution in [-0.2, 0) is 6.54 Å². The minimum atomic E-state index is -0.552. The highest BCUT2D eigenvalue weighted by Gasteiger charge is 2.20. The van der Waals surface area contributed by atoms with E-state index in [4.69, 9.17) is 11.6 Å². The first-order valence-electron chi connectivity index (χ1n) is 6.89. The molecule has 0 aromatic heterocycles. The molecule has 0 bridgehead atoms. The Labute approximate surface area is 130 Å². The Morgan fingerprint density at radius 2 is 1.81 bits per heavy atom. The lowest BCUT2D eigenvalue weighted by Gasteiger charge is -2.29. The van der Waals surface area contributed by atoms with Gasteiger partial charge in [0.25, 0.3) is 0 Å². The van der Waals surface area contributed by atoms with Crippen LogP contribution in [0.2, 0.25) is 5.02 Å². The monoisotopic (exact) mass is 305 g/mol. The highest BCUT2D eigenvalue weighted by Crippen LogP contribution is 2.26. The van der Waals surface area contributed by atoms with Crippen LogP contribution in [0.5, 0.6) is 5.75 Å². The van der Waals surface area contributed by atoms with Gasteiger partial charge in [0.2, 0.25) is 0 Å². The quantitative estimate of drug-likeness (QED) is 0.887. The number of halogens is 1. The van der Waals surface area contributed by atoms with Gasteiger partial charge in [0.1, 0.15) is 5.75 Å². The molecule has 0 heterocycles. The number of likely N-dealkylation sites (N-methyl/N-ethyl adjacent to an activating group) is 1. The van der Waals surface area contributed by atoms with Crippen molar-refractivity contribution in [3.05, 3.63) is 64.7 Å². The summed E-state index contributed by atoms with van der Waals surface area (Å²) in [7, 11) is 1.96. The van der Waals surface area contributed by atoms with Crippen LogP contribution < -0.4 is 0 Å². The average Bonchev–Trinajstić information content (AvgIpc) is 2.50. The van der Waals surface area contributed by atoms with Gasteiger partial charge in [-0.05, 0) is 37.2 Å². The Kier molecular flexibility index (Phi) is 5.23. The van der Waals surface area contributed by atoms with Crippen molar-refractivity contribution in [2.75, 3.05) is 7.05 Å². The molecule has 0 radical (unpaired) electrons. The zero-order valence-electron chi connectivity index (χ0n) is 12.2. The summed E-state index contributed by atoms with van der Waals surface area (Å²) in [6.07, 6.45) is -0.552. The molecule has 112 valence electrons. The van der Waals surface area contributed by atoms with E-state index in [1.807, 2.05) is 50.4 Å². The highest BCUT2D eigenvalue weighted by molar-refractivity contribution is 6.32. The van der Waals surface area contributed by atoms with Crippen LogP contribution >= 0.6 is 11.6 Å². The number of aromatic hydroxyl groups is 1. The highest BCUT2D eigenvalue weighted by atomic mass is 35.5. The molecule has 0 spiro atoms. The van der Waals surface area contributed by atoms with Crippen molar-refractivity contribution in [3.63, 3.8) is 0 Å². The van der Waals surface area contributed by atoms with Gasteiger partial charge >= 0.3 is 0 Å². The fraction of sp³-hybridized carbons (Fsp3) is 0.294. The summed E-state index contributed by atoms with van der Waals surface area (Å²) in [5.41, 5.74) is 1.90. The third-order valence-electron chi connectivity index (χ3n) is 3.74. The topological polar surface area (TPSA) is 43.7 Å². The lowest BCUT2D eigenvalue weighted by atomic mass is 10.0. The van der Waals surface area contributed by atoms with E-state index in [9.17, 15) is 10.2 Å². The lowest BCUT2D eigenvalue weighted by molar-refractivity contribution is 0.0688. The molecular formula is C17H20ClNO2. The molecule has 2 unspecified atom stereocenters. The van der Waals surface area contributed by atoms with Crippen molar-refractivity contribution in [2.45, 2.75) is 25.6 Å². The fourth-order valence-electron chi connectivity index (χ4n) is 2.25. The third kappa shape index (κ3) is 3.97. The van der Waals surface area contributed by atoms with Gasteiger partial charge in [0, 0.05) is 12.6 Å². The van der Waals surface area contributed by atoms with Crippen LogP contribution in [0.1, 0.15) is 24.2 Å². The summed E-state index contributed by atoms with van der Waals surface area (Å²) in [6, 6.07) is 14.7. The van der Waals surface area contributed by atoms with E-state index in [0.29, 0.717) is 11.6 Å². The van der Waals surface area contributed by atoms with Crippen LogP contribution in [0.3, 0.4) is 0 Å². The van der Waals surface area contributed by atoms with Gasteiger partial charge < -0.3 is 10.2 Å². The van der Waals surface area contributed by atoms with E-state index >= 15 is 0 Å². The second kappa shape index (κ2) is 6.94. The van der Waals surface area contributed by atoms with Crippen molar-refractivity contribution < 1.29 is 10.2 Å². The Balaban J connectivity index is 2.05. The molecule has 2 N–H and O–H groups in total. The average molecular weight is 306 g/mol. The van der Waals surface area contributed by atoms with Gasteiger partial charge in [-0.15, -0.1) is 0 Å². The fourth-order valence-corrected chi connectivity index (χ4v) is 2.45. The summed E-state index contributed by atoms with van der Waals surface area (Å²) in [5.74, 6) is 0.0837. The van der Waals surface area contributed by atoms with Gasteiger partial charge in [-0.25, -0.2) is 0 Å². The third-order valence-corrected chi connectivity index (χ3v) is 4.04. The SMILES string of the molecule is CC(C(O)c1ccccc1)N(C)Cc1ccc(O)c(Cl)c1. The number of nitrogens with zero attached hydrogens (tertiary/aromatic N) is 1. The molecule has 2 rings (SSSR count). The van der Waals surface area contributed by atoms with E-state index in [1.165, 1.54) is 0 Å². The Morgan fingerprint density at radius 3 is 2.43 bits per heavy atom. The maximum Gasteiger partial charge on any atom is 0.134 e. The molecule has 0 saturated heterocycles. The number of rotatable bonds is 5. The molecule has 0 fully saturated rings. The molecule has 0 aliphatic rings. The zero-order chi connectivity index (χ0) is 15.4. The number of hydrogen-bond donors (Lipinski definition) is 2. The molecule has 2 atom stereocenters. The Morgan fingerprint density at radius 1 is 1.14 bits per heavy atom. The van der Waals surface area contributed by atoms with Crippen molar-refractivity contribution in [3.8, 4) is 5.75 Å². The molecule has 0 aliphatic heterocycles. The largest absolute Gasteiger partial charge is 0.506 e. The Hall–Kier alpha value is -1.55. The van der Waals surface area contributed by atoms with Crippen molar-refractivity contribution in [1.29, 1.82) is 0 Å². The predicted octanol–water partition coefficient (Wildman–Crippen LogP) is 3.60. The van der Waals surface area contributed by atoms with Crippen molar-refractivity contribution >= 4 is 11.6 Å². The normalized spacial score (nSPS) is 14.1. The van der Waals surface area contributed by atoms with Gasteiger partial charge in [0.15, 0.2) is 0 Å². The van der Waals surface area contributed by atoms with Gasteiger partial charge in [-0.2, -0.15) is 0 Å². The van der Waals surface area contributed by atoms with Crippen LogP contribution in [0.15, 0.2) is 48.5 Å². The maximum absolute atomic E-state index is 10.4. The Bertz CT molecular complexity index is 589. The molecule has 2 aromatic carbocycles. The minimum absolute atomic E-state index is 0.0417. The first-order valence-corrected chi connectivity index (χ1v) is 7.27. The first kappa shape index (κ1) is 15.8. The first-order chi connectivity index (χ1) is 9.99. The molecule has 2 aromatic rings.